The van der Waals surface area contributed by atoms with E-state index in [1.54, 1.807) is 13.2 Å². The maximum atomic E-state index is 12.1. The maximum Gasteiger partial charge on any atom is 0.262 e. The van der Waals surface area contributed by atoms with E-state index in [9.17, 15) is 4.79 Å². The van der Waals surface area contributed by atoms with Gasteiger partial charge in [-0.2, -0.15) is 0 Å². The molecule has 1 aliphatic carbocycles. The van der Waals surface area contributed by atoms with Crippen molar-refractivity contribution in [2.45, 2.75) is 25.7 Å². The Morgan fingerprint density at radius 2 is 2.00 bits per heavy atom. The van der Waals surface area contributed by atoms with Crippen LogP contribution in [0.4, 0.5) is 5.69 Å². The zero-order valence-electron chi connectivity index (χ0n) is 14.7. The zero-order chi connectivity index (χ0) is 17.9. The number of hydrogen-bond donors (Lipinski definition) is 1. The number of nitrogens with one attached hydrogen (secondary N) is 1. The molecule has 4 rings (SSSR count). The fourth-order valence-corrected chi connectivity index (χ4v) is 3.38. The molecule has 0 saturated carbocycles. The molecule has 0 aliphatic heterocycles. The Kier molecular flexibility index (Phi) is 4.52. The molecule has 1 aliphatic rings. The van der Waals surface area contributed by atoms with E-state index in [4.69, 9.17) is 13.9 Å². The van der Waals surface area contributed by atoms with Gasteiger partial charge in [0.15, 0.2) is 6.61 Å². The summed E-state index contributed by atoms with van der Waals surface area (Å²) in [6.07, 6.45) is 4.42. The van der Waals surface area contributed by atoms with E-state index in [-0.39, 0.29) is 12.5 Å². The van der Waals surface area contributed by atoms with Gasteiger partial charge in [-0.25, -0.2) is 0 Å². The molecule has 1 aromatic heterocycles. The number of ether oxygens (including phenoxy) is 2. The van der Waals surface area contributed by atoms with E-state index < -0.39 is 0 Å². The third-order valence-corrected chi connectivity index (χ3v) is 4.65. The average Bonchev–Trinajstić information content (AvgIpc) is 3.04. The molecular formula is C21H21NO4. The van der Waals surface area contributed by atoms with E-state index in [0.29, 0.717) is 17.2 Å². The van der Waals surface area contributed by atoms with E-state index in [1.807, 2.05) is 36.4 Å². The molecule has 0 spiro atoms. The van der Waals surface area contributed by atoms with E-state index in [2.05, 4.69) is 5.32 Å². The van der Waals surface area contributed by atoms with Gasteiger partial charge in [0.1, 0.15) is 22.8 Å². The third kappa shape index (κ3) is 3.38. The van der Waals surface area contributed by atoms with Crippen LogP contribution in [0.2, 0.25) is 0 Å². The lowest BCUT2D eigenvalue weighted by Gasteiger charge is -2.10. The number of aryl methyl sites for hydroxylation is 2. The van der Waals surface area contributed by atoms with Crippen LogP contribution in [-0.4, -0.2) is 19.6 Å². The zero-order valence-corrected chi connectivity index (χ0v) is 14.7. The van der Waals surface area contributed by atoms with E-state index >= 15 is 0 Å². The van der Waals surface area contributed by atoms with E-state index in [1.165, 1.54) is 18.4 Å². The Morgan fingerprint density at radius 1 is 1.12 bits per heavy atom. The Balaban J connectivity index is 1.43. The Hall–Kier alpha value is -2.95. The van der Waals surface area contributed by atoms with Crippen LogP contribution < -0.4 is 14.8 Å². The summed E-state index contributed by atoms with van der Waals surface area (Å²) in [4.78, 5) is 12.1. The molecule has 1 amide bonds. The van der Waals surface area contributed by atoms with Gasteiger partial charge in [-0.05, 0) is 49.6 Å². The summed E-state index contributed by atoms with van der Waals surface area (Å²) >= 11 is 0. The lowest BCUT2D eigenvalue weighted by atomic mass is 9.96. The summed E-state index contributed by atoms with van der Waals surface area (Å²) in [5, 5.41) is 3.91. The molecule has 0 radical (unpaired) electrons. The molecule has 0 bridgehead atoms. The number of amides is 1. The molecule has 26 heavy (non-hydrogen) atoms. The number of benzene rings is 2. The molecule has 5 heteroatoms. The first-order valence-corrected chi connectivity index (χ1v) is 8.84. The van der Waals surface area contributed by atoms with E-state index in [0.717, 1.165) is 29.6 Å². The minimum Gasteiger partial charge on any atom is -0.497 e. The van der Waals surface area contributed by atoms with Gasteiger partial charge < -0.3 is 19.2 Å². The summed E-state index contributed by atoms with van der Waals surface area (Å²) in [5.74, 6) is 2.25. The lowest BCUT2D eigenvalue weighted by Crippen LogP contribution is -2.20. The van der Waals surface area contributed by atoms with Gasteiger partial charge in [0.05, 0.1) is 7.11 Å². The van der Waals surface area contributed by atoms with Gasteiger partial charge in [0, 0.05) is 29.1 Å². The minimum absolute atomic E-state index is 0.0528. The summed E-state index contributed by atoms with van der Waals surface area (Å²) in [6.45, 7) is -0.0528. The van der Waals surface area contributed by atoms with Gasteiger partial charge >= 0.3 is 0 Å². The van der Waals surface area contributed by atoms with Gasteiger partial charge in [-0.1, -0.05) is 6.07 Å². The van der Waals surface area contributed by atoms with Crippen LogP contribution in [0.1, 0.15) is 24.2 Å². The largest absolute Gasteiger partial charge is 0.497 e. The van der Waals surface area contributed by atoms with Gasteiger partial charge in [-0.3, -0.25) is 4.79 Å². The Labute approximate surface area is 151 Å². The smallest absolute Gasteiger partial charge is 0.262 e. The van der Waals surface area contributed by atoms with Crippen molar-refractivity contribution in [3.63, 3.8) is 0 Å². The number of rotatable bonds is 5. The summed E-state index contributed by atoms with van der Waals surface area (Å²) in [5.41, 5.74) is 2.86. The first-order valence-electron chi connectivity index (χ1n) is 8.84. The van der Waals surface area contributed by atoms with Crippen LogP contribution in [-0.2, 0) is 17.6 Å². The number of carbonyl (C=O) groups excluding carboxylic acids is 1. The molecule has 0 atom stereocenters. The predicted octanol–water partition coefficient (Wildman–Crippen LogP) is 4.34. The van der Waals surface area contributed by atoms with Crippen molar-refractivity contribution >= 4 is 22.6 Å². The summed E-state index contributed by atoms with van der Waals surface area (Å²) in [7, 11) is 1.59. The van der Waals surface area contributed by atoms with Crippen LogP contribution in [0, 0.1) is 0 Å². The molecule has 1 heterocycles. The molecule has 1 N–H and O–H groups in total. The van der Waals surface area contributed by atoms with Crippen LogP contribution in [0.15, 0.2) is 46.9 Å². The van der Waals surface area contributed by atoms with Crippen molar-refractivity contribution in [1.82, 2.24) is 0 Å². The fraction of sp³-hybridized carbons (Fsp3) is 0.286. The number of anilines is 1. The highest BCUT2D eigenvalue weighted by Gasteiger charge is 2.18. The number of methoxy groups -OCH3 is 1. The highest BCUT2D eigenvalue weighted by molar-refractivity contribution is 5.92. The van der Waals surface area contributed by atoms with Crippen molar-refractivity contribution in [2.24, 2.45) is 0 Å². The minimum atomic E-state index is -0.215. The summed E-state index contributed by atoms with van der Waals surface area (Å²) < 4.78 is 16.8. The second kappa shape index (κ2) is 7.12. The number of fused-ring (bicyclic) bond motifs is 3. The SMILES string of the molecule is COc1cccc(NC(=O)COc2ccc3oc4c(c3c2)CCCC4)c1. The molecule has 3 aromatic rings. The molecule has 0 unspecified atom stereocenters. The van der Waals surface area contributed by atoms with Gasteiger partial charge in [0.2, 0.25) is 0 Å². The van der Waals surface area contributed by atoms with Crippen LogP contribution >= 0.6 is 0 Å². The number of carbonyl (C=O) groups is 1. The summed E-state index contributed by atoms with van der Waals surface area (Å²) in [6, 6.07) is 13.0. The number of furan rings is 1. The molecule has 5 nitrogen and oxygen atoms in total. The number of hydrogen-bond acceptors (Lipinski definition) is 4. The van der Waals surface area contributed by atoms with Crippen molar-refractivity contribution < 1.29 is 18.7 Å². The Morgan fingerprint density at radius 3 is 2.88 bits per heavy atom. The fourth-order valence-electron chi connectivity index (χ4n) is 3.38. The Bertz CT molecular complexity index is 944. The van der Waals surface area contributed by atoms with Crippen LogP contribution in [0.3, 0.4) is 0 Å². The van der Waals surface area contributed by atoms with Crippen molar-refractivity contribution in [3.05, 3.63) is 53.8 Å². The van der Waals surface area contributed by atoms with Crippen molar-refractivity contribution in [3.8, 4) is 11.5 Å². The quantitative estimate of drug-likeness (QED) is 0.743. The first kappa shape index (κ1) is 16.5. The highest BCUT2D eigenvalue weighted by atomic mass is 16.5. The first-order chi connectivity index (χ1) is 12.7. The lowest BCUT2D eigenvalue weighted by molar-refractivity contribution is -0.118. The van der Waals surface area contributed by atoms with Crippen LogP contribution in [0.5, 0.6) is 11.5 Å². The topological polar surface area (TPSA) is 60.7 Å². The molecule has 0 fully saturated rings. The molecule has 0 saturated heterocycles. The molecule has 2 aromatic carbocycles. The second-order valence-electron chi connectivity index (χ2n) is 6.44. The average molecular weight is 351 g/mol. The van der Waals surface area contributed by atoms with Crippen molar-refractivity contribution in [2.75, 3.05) is 19.0 Å². The molecular weight excluding hydrogens is 330 g/mol. The monoisotopic (exact) mass is 351 g/mol. The van der Waals surface area contributed by atoms with Crippen LogP contribution in [0.25, 0.3) is 11.0 Å². The van der Waals surface area contributed by atoms with Gasteiger partial charge in [0.25, 0.3) is 5.91 Å². The highest BCUT2D eigenvalue weighted by Crippen LogP contribution is 2.33. The normalized spacial score (nSPS) is 13.3. The van der Waals surface area contributed by atoms with Gasteiger partial charge in [-0.15, -0.1) is 0 Å². The maximum absolute atomic E-state index is 12.1. The third-order valence-electron chi connectivity index (χ3n) is 4.65. The second-order valence-corrected chi connectivity index (χ2v) is 6.44. The predicted molar refractivity (Wildman–Crippen MR) is 100.0 cm³/mol. The van der Waals surface area contributed by atoms with Crippen molar-refractivity contribution in [1.29, 1.82) is 0 Å². The standard InChI is InChI=1S/C21H21NO4/c1-24-15-6-4-5-14(11-15)22-21(23)13-25-16-9-10-20-18(12-16)17-7-2-3-8-19(17)26-20/h4-6,9-12H,2-3,7-8,13H2,1H3,(H,22,23). The molecule has 134 valence electrons.